The Bertz CT molecular complexity index is 1250. The van der Waals surface area contributed by atoms with Crippen LogP contribution in [0.4, 0.5) is 0 Å². The van der Waals surface area contributed by atoms with Crippen molar-refractivity contribution < 1.29 is 34.3 Å². The molecule has 5 rings (SSSR count). The highest BCUT2D eigenvalue weighted by atomic mass is 16.5. The van der Waals surface area contributed by atoms with E-state index in [0.29, 0.717) is 16.9 Å². The molecule has 8 nitrogen and oxygen atoms in total. The van der Waals surface area contributed by atoms with Crippen LogP contribution in [0.3, 0.4) is 0 Å². The maximum absolute atomic E-state index is 12.8. The molecule has 3 aromatic rings. The van der Waals surface area contributed by atoms with Crippen molar-refractivity contribution >= 4 is 5.91 Å². The number of benzene rings is 3. The van der Waals surface area contributed by atoms with E-state index in [1.807, 2.05) is 6.07 Å². The molecule has 8 heteroatoms. The molecule has 0 radical (unpaired) electrons. The number of rotatable bonds is 5. The zero-order valence-electron chi connectivity index (χ0n) is 18.6. The number of hydrogen-bond donors (Lipinski definition) is 4. The first-order valence-corrected chi connectivity index (χ1v) is 10.8. The Hall–Kier alpha value is -3.75. The maximum Gasteiger partial charge on any atom is 0.224 e. The van der Waals surface area contributed by atoms with Gasteiger partial charge in [-0.3, -0.25) is 4.79 Å². The Morgan fingerprint density at radius 2 is 1.71 bits per heavy atom. The van der Waals surface area contributed by atoms with Gasteiger partial charge < -0.3 is 35.3 Å². The van der Waals surface area contributed by atoms with Crippen molar-refractivity contribution in [3.05, 3.63) is 83.4 Å². The van der Waals surface area contributed by atoms with Crippen molar-refractivity contribution in [2.45, 2.75) is 23.2 Å². The fourth-order valence-electron chi connectivity index (χ4n) is 5.69. The van der Waals surface area contributed by atoms with Crippen LogP contribution >= 0.6 is 0 Å². The third kappa shape index (κ3) is 2.69. The average Bonchev–Trinajstić information content (AvgIpc) is 3.22. The minimum absolute atomic E-state index is 0.0136. The van der Waals surface area contributed by atoms with Crippen molar-refractivity contribution in [2.75, 3.05) is 14.2 Å². The summed E-state index contributed by atoms with van der Waals surface area (Å²) in [5.74, 6) is -1.93. The Labute approximate surface area is 196 Å². The largest absolute Gasteiger partial charge is 0.508 e. The summed E-state index contributed by atoms with van der Waals surface area (Å²) in [6.07, 6.45) is -1.63. The summed E-state index contributed by atoms with van der Waals surface area (Å²) in [4.78, 5) is 12.8. The molecule has 34 heavy (non-hydrogen) atoms. The van der Waals surface area contributed by atoms with E-state index in [-0.39, 0.29) is 22.8 Å². The number of primary amides is 1. The molecule has 0 bridgehead atoms. The van der Waals surface area contributed by atoms with E-state index >= 15 is 0 Å². The number of methoxy groups -OCH3 is 2. The molecule has 2 aliphatic rings. The molecule has 5 atom stereocenters. The first-order valence-electron chi connectivity index (χ1n) is 10.8. The minimum Gasteiger partial charge on any atom is -0.508 e. The minimum atomic E-state index is -2.13. The highest BCUT2D eigenvalue weighted by Crippen LogP contribution is 2.70. The lowest BCUT2D eigenvalue weighted by Crippen LogP contribution is -2.52. The molecule has 1 amide bonds. The molecule has 5 unspecified atom stereocenters. The summed E-state index contributed by atoms with van der Waals surface area (Å²) in [5.41, 5.74) is 3.30. The molecule has 0 spiro atoms. The Morgan fingerprint density at radius 3 is 2.29 bits per heavy atom. The van der Waals surface area contributed by atoms with E-state index in [2.05, 4.69) is 0 Å². The number of hydrogen-bond acceptors (Lipinski definition) is 7. The molecule has 1 aliphatic carbocycles. The summed E-state index contributed by atoms with van der Waals surface area (Å²) in [5, 5.41) is 34.1. The second kappa shape index (κ2) is 7.65. The first kappa shape index (κ1) is 22.1. The summed E-state index contributed by atoms with van der Waals surface area (Å²) >= 11 is 0. The number of aliphatic hydroxyl groups is 2. The van der Waals surface area contributed by atoms with Gasteiger partial charge in [-0.15, -0.1) is 0 Å². The predicted molar refractivity (Wildman–Crippen MR) is 122 cm³/mol. The number of aliphatic hydroxyl groups excluding tert-OH is 1. The van der Waals surface area contributed by atoms with E-state index in [4.69, 9.17) is 19.9 Å². The number of carbonyl (C=O) groups is 1. The number of aromatic hydroxyl groups is 1. The lowest BCUT2D eigenvalue weighted by Gasteiger charge is -2.40. The van der Waals surface area contributed by atoms with E-state index in [1.165, 1.54) is 26.4 Å². The van der Waals surface area contributed by atoms with Gasteiger partial charge in [0.05, 0.1) is 25.7 Å². The van der Waals surface area contributed by atoms with Crippen molar-refractivity contribution in [2.24, 2.45) is 11.7 Å². The van der Waals surface area contributed by atoms with Crippen LogP contribution in [0, 0.1) is 5.92 Å². The second-order valence-corrected chi connectivity index (χ2v) is 8.62. The van der Waals surface area contributed by atoms with Crippen LogP contribution in [0.25, 0.3) is 0 Å². The van der Waals surface area contributed by atoms with Gasteiger partial charge in [-0.05, 0) is 23.3 Å². The van der Waals surface area contributed by atoms with Gasteiger partial charge in [0, 0.05) is 18.1 Å². The highest BCUT2D eigenvalue weighted by molar-refractivity contribution is 5.81. The number of fused-ring (bicyclic) bond motifs is 3. The molecule has 0 saturated heterocycles. The topological polar surface area (TPSA) is 131 Å². The molecular weight excluding hydrogens is 438 g/mol. The lowest BCUT2D eigenvalue weighted by molar-refractivity contribution is -0.154. The second-order valence-electron chi connectivity index (χ2n) is 8.62. The lowest BCUT2D eigenvalue weighted by atomic mass is 9.70. The van der Waals surface area contributed by atoms with Crippen LogP contribution in [0.15, 0.2) is 66.7 Å². The molecule has 5 N–H and O–H groups in total. The number of phenolic OH excluding ortho intramolecular Hbond substituents is 1. The summed E-state index contributed by atoms with van der Waals surface area (Å²) < 4.78 is 17.5. The Kier molecular flexibility index (Phi) is 4.96. The van der Waals surface area contributed by atoms with Gasteiger partial charge in [0.25, 0.3) is 0 Å². The fourth-order valence-corrected chi connectivity index (χ4v) is 5.69. The van der Waals surface area contributed by atoms with Gasteiger partial charge in [-0.1, -0.05) is 42.5 Å². The number of ether oxygens (including phenoxy) is 3. The molecule has 176 valence electrons. The molecular formula is C26H25NO7. The fraction of sp³-hybridized carbons (Fsp3) is 0.269. The normalized spacial score (nSPS) is 29.1. The van der Waals surface area contributed by atoms with Crippen LogP contribution in [-0.2, 0) is 16.0 Å². The van der Waals surface area contributed by atoms with Crippen LogP contribution in [0.5, 0.6) is 23.0 Å². The number of amides is 1. The van der Waals surface area contributed by atoms with Crippen LogP contribution in [0.2, 0.25) is 0 Å². The van der Waals surface area contributed by atoms with Crippen molar-refractivity contribution in [3.63, 3.8) is 0 Å². The molecule has 1 aliphatic heterocycles. The van der Waals surface area contributed by atoms with Crippen molar-refractivity contribution in [3.8, 4) is 23.0 Å². The van der Waals surface area contributed by atoms with Crippen LogP contribution in [-0.4, -0.2) is 41.6 Å². The van der Waals surface area contributed by atoms with Gasteiger partial charge in [0.2, 0.25) is 5.91 Å². The van der Waals surface area contributed by atoms with Gasteiger partial charge in [-0.25, -0.2) is 0 Å². The van der Waals surface area contributed by atoms with Crippen LogP contribution in [0.1, 0.15) is 22.6 Å². The standard InChI is InChI=1S/C26H25NO7/c1-32-17-12-18(33-2)22-19(13-17)34-26(15-8-10-16(28)11-9-15)21(14-6-4-3-5-7-14)20(24(27)30)23(29)25(22,26)31/h3-13,20-21,23,28-29,31H,1-2H3,(H2,27,30). The number of phenols is 1. The Morgan fingerprint density at radius 1 is 1.03 bits per heavy atom. The summed E-state index contributed by atoms with van der Waals surface area (Å²) in [6.45, 7) is 0. The number of carbonyl (C=O) groups excluding carboxylic acids is 1. The highest BCUT2D eigenvalue weighted by Gasteiger charge is 2.77. The SMILES string of the molecule is COc1cc(OC)c2c(c1)OC1(c3ccc(O)cc3)C(c3ccccc3)C(C(N)=O)C(O)C21O. The molecule has 1 saturated carbocycles. The maximum atomic E-state index is 12.8. The van der Waals surface area contributed by atoms with Gasteiger partial charge in [-0.2, -0.15) is 0 Å². The van der Waals surface area contributed by atoms with E-state index in [0.717, 1.165) is 0 Å². The average molecular weight is 463 g/mol. The zero-order chi connectivity index (χ0) is 24.3. The molecule has 1 heterocycles. The molecule has 1 fully saturated rings. The quantitative estimate of drug-likeness (QED) is 0.456. The van der Waals surface area contributed by atoms with Crippen LogP contribution < -0.4 is 19.9 Å². The summed E-state index contributed by atoms with van der Waals surface area (Å²) in [7, 11) is 2.92. The van der Waals surface area contributed by atoms with Crippen molar-refractivity contribution in [1.29, 1.82) is 0 Å². The van der Waals surface area contributed by atoms with E-state index < -0.39 is 35.0 Å². The third-order valence-corrected chi connectivity index (χ3v) is 7.06. The molecule has 0 aromatic heterocycles. The first-order chi connectivity index (χ1) is 16.3. The zero-order valence-corrected chi connectivity index (χ0v) is 18.6. The van der Waals surface area contributed by atoms with Crippen molar-refractivity contribution in [1.82, 2.24) is 0 Å². The van der Waals surface area contributed by atoms with Gasteiger partial charge in [0.15, 0.2) is 11.2 Å². The Balaban J connectivity index is 1.89. The third-order valence-electron chi connectivity index (χ3n) is 7.06. The summed E-state index contributed by atoms with van der Waals surface area (Å²) in [6, 6.07) is 18.3. The van der Waals surface area contributed by atoms with E-state index in [9.17, 15) is 20.1 Å². The molecule has 3 aromatic carbocycles. The van der Waals surface area contributed by atoms with E-state index in [1.54, 1.807) is 48.5 Å². The van der Waals surface area contributed by atoms with Gasteiger partial charge >= 0.3 is 0 Å². The number of nitrogens with two attached hydrogens (primary N) is 1. The monoisotopic (exact) mass is 463 g/mol. The predicted octanol–water partition coefficient (Wildman–Crippen LogP) is 2.14. The van der Waals surface area contributed by atoms with Gasteiger partial charge in [0.1, 0.15) is 29.1 Å². The smallest absolute Gasteiger partial charge is 0.224 e.